The van der Waals surface area contributed by atoms with E-state index in [0.29, 0.717) is 6.04 Å². The first-order chi connectivity index (χ1) is 8.09. The highest BCUT2D eigenvalue weighted by Gasteiger charge is 2.32. The average molecular weight is 257 g/mol. The third kappa shape index (κ3) is 4.15. The number of rotatable bonds is 4. The molecule has 2 rings (SSSR count). The molecule has 1 saturated heterocycles. The van der Waals surface area contributed by atoms with E-state index in [-0.39, 0.29) is 5.60 Å². The summed E-state index contributed by atoms with van der Waals surface area (Å²) in [6, 6.07) is 1.44. The zero-order valence-corrected chi connectivity index (χ0v) is 12.3. The van der Waals surface area contributed by atoms with E-state index in [1.54, 1.807) is 0 Å². The Hall–Kier alpha value is 0.270. The largest absolute Gasteiger partial charge is 0.375 e. The van der Waals surface area contributed by atoms with Crippen LogP contribution in [0.5, 0.6) is 0 Å². The molecule has 0 spiro atoms. The fourth-order valence-electron chi connectivity index (χ4n) is 3.19. The number of nitrogens with one attached hydrogen (secondary N) is 1. The van der Waals surface area contributed by atoms with Crippen molar-refractivity contribution in [3.05, 3.63) is 0 Å². The van der Waals surface area contributed by atoms with Crippen molar-refractivity contribution in [3.63, 3.8) is 0 Å². The lowest BCUT2D eigenvalue weighted by molar-refractivity contribution is -0.0640. The SMILES string of the molecule is CCSC1CCC(NC2CCOC(C)(C)C2)C1. The standard InChI is InChI=1S/C14H27NOS/c1-4-17-13-6-5-11(9-13)15-12-7-8-16-14(2,3)10-12/h11-13,15H,4-10H2,1-3H3. The summed E-state index contributed by atoms with van der Waals surface area (Å²) in [6.45, 7) is 7.62. The zero-order valence-electron chi connectivity index (χ0n) is 11.5. The van der Waals surface area contributed by atoms with E-state index in [9.17, 15) is 0 Å². The molecule has 3 heteroatoms. The Balaban J connectivity index is 1.74. The van der Waals surface area contributed by atoms with E-state index >= 15 is 0 Å². The molecule has 1 aliphatic carbocycles. The van der Waals surface area contributed by atoms with Gasteiger partial charge in [-0.05, 0) is 51.7 Å². The minimum Gasteiger partial charge on any atom is -0.375 e. The molecular formula is C14H27NOS. The fourth-order valence-corrected chi connectivity index (χ4v) is 4.33. The number of ether oxygens (including phenoxy) is 1. The van der Waals surface area contributed by atoms with Gasteiger partial charge in [-0.15, -0.1) is 0 Å². The van der Waals surface area contributed by atoms with Gasteiger partial charge in [-0.2, -0.15) is 11.8 Å². The van der Waals surface area contributed by atoms with Gasteiger partial charge < -0.3 is 10.1 Å². The van der Waals surface area contributed by atoms with Gasteiger partial charge in [0, 0.05) is 23.9 Å². The second-order valence-electron chi connectivity index (χ2n) is 6.05. The van der Waals surface area contributed by atoms with Gasteiger partial charge in [-0.3, -0.25) is 0 Å². The Kier molecular flexibility index (Phi) is 4.79. The van der Waals surface area contributed by atoms with Gasteiger partial charge in [0.25, 0.3) is 0 Å². The second-order valence-corrected chi connectivity index (χ2v) is 7.63. The first kappa shape index (κ1) is 13.7. The third-order valence-corrected chi connectivity index (χ3v) is 5.19. The monoisotopic (exact) mass is 257 g/mol. The maximum atomic E-state index is 5.78. The molecule has 0 aromatic rings. The van der Waals surface area contributed by atoms with Crippen molar-refractivity contribution in [1.82, 2.24) is 5.32 Å². The van der Waals surface area contributed by atoms with Crippen LogP contribution in [0.1, 0.15) is 52.9 Å². The molecule has 0 aromatic heterocycles. The summed E-state index contributed by atoms with van der Waals surface area (Å²) in [7, 11) is 0. The topological polar surface area (TPSA) is 21.3 Å². The lowest BCUT2D eigenvalue weighted by Gasteiger charge is -2.37. The molecule has 2 fully saturated rings. The summed E-state index contributed by atoms with van der Waals surface area (Å²) >= 11 is 2.14. The fraction of sp³-hybridized carbons (Fsp3) is 1.00. The van der Waals surface area contributed by atoms with E-state index in [0.717, 1.165) is 24.3 Å². The lowest BCUT2D eigenvalue weighted by atomic mass is 9.93. The summed E-state index contributed by atoms with van der Waals surface area (Å²) in [4.78, 5) is 0. The highest BCUT2D eigenvalue weighted by molar-refractivity contribution is 7.99. The molecule has 1 N–H and O–H groups in total. The van der Waals surface area contributed by atoms with Crippen LogP contribution in [-0.2, 0) is 4.74 Å². The van der Waals surface area contributed by atoms with Crippen molar-refractivity contribution in [1.29, 1.82) is 0 Å². The van der Waals surface area contributed by atoms with E-state index in [4.69, 9.17) is 4.74 Å². The maximum Gasteiger partial charge on any atom is 0.0641 e. The Morgan fingerprint density at radius 1 is 1.24 bits per heavy atom. The van der Waals surface area contributed by atoms with Gasteiger partial charge in [-0.25, -0.2) is 0 Å². The van der Waals surface area contributed by atoms with Crippen LogP contribution in [0, 0.1) is 0 Å². The van der Waals surface area contributed by atoms with Crippen LogP contribution < -0.4 is 5.32 Å². The van der Waals surface area contributed by atoms with E-state index in [2.05, 4.69) is 37.8 Å². The van der Waals surface area contributed by atoms with E-state index in [1.165, 1.54) is 31.4 Å². The molecule has 1 aliphatic heterocycles. The molecule has 17 heavy (non-hydrogen) atoms. The van der Waals surface area contributed by atoms with Gasteiger partial charge in [-0.1, -0.05) is 6.92 Å². The first-order valence-electron chi connectivity index (χ1n) is 7.10. The Bertz CT molecular complexity index is 244. The predicted octanol–water partition coefficient (Wildman–Crippen LogP) is 3.21. The summed E-state index contributed by atoms with van der Waals surface area (Å²) in [5, 5.41) is 4.78. The smallest absolute Gasteiger partial charge is 0.0641 e. The molecule has 0 bridgehead atoms. The van der Waals surface area contributed by atoms with Crippen LogP contribution in [0.15, 0.2) is 0 Å². The summed E-state index contributed by atoms with van der Waals surface area (Å²) in [6.07, 6.45) is 6.50. The predicted molar refractivity (Wildman–Crippen MR) is 75.7 cm³/mol. The molecule has 0 radical (unpaired) electrons. The number of thioether (sulfide) groups is 1. The zero-order chi connectivity index (χ0) is 12.3. The Morgan fingerprint density at radius 3 is 2.76 bits per heavy atom. The van der Waals surface area contributed by atoms with Crippen molar-refractivity contribution in [2.45, 2.75) is 75.8 Å². The van der Waals surface area contributed by atoms with Crippen LogP contribution in [-0.4, -0.2) is 35.3 Å². The minimum absolute atomic E-state index is 0.0755. The molecule has 100 valence electrons. The Labute approximate surface area is 110 Å². The van der Waals surface area contributed by atoms with Crippen LogP contribution >= 0.6 is 11.8 Å². The van der Waals surface area contributed by atoms with Crippen LogP contribution in [0.3, 0.4) is 0 Å². The van der Waals surface area contributed by atoms with E-state index in [1.807, 2.05) is 0 Å². The third-order valence-electron chi connectivity index (χ3n) is 3.96. The van der Waals surface area contributed by atoms with Crippen molar-refractivity contribution in [2.24, 2.45) is 0 Å². The molecular weight excluding hydrogens is 230 g/mol. The van der Waals surface area contributed by atoms with Crippen LogP contribution in [0.25, 0.3) is 0 Å². The molecule has 0 aromatic carbocycles. The van der Waals surface area contributed by atoms with Gasteiger partial charge in [0.1, 0.15) is 0 Å². The van der Waals surface area contributed by atoms with Gasteiger partial charge in [0.2, 0.25) is 0 Å². The molecule has 2 nitrogen and oxygen atoms in total. The quantitative estimate of drug-likeness (QED) is 0.835. The highest BCUT2D eigenvalue weighted by atomic mass is 32.2. The van der Waals surface area contributed by atoms with Crippen molar-refractivity contribution in [2.75, 3.05) is 12.4 Å². The normalized spacial score (nSPS) is 37.2. The number of hydrogen-bond acceptors (Lipinski definition) is 3. The molecule has 1 heterocycles. The summed E-state index contributed by atoms with van der Waals surface area (Å²) < 4.78 is 5.78. The van der Waals surface area contributed by atoms with Gasteiger partial charge in [0.05, 0.1) is 5.60 Å². The molecule has 3 unspecified atom stereocenters. The van der Waals surface area contributed by atoms with Gasteiger partial charge in [0.15, 0.2) is 0 Å². The second kappa shape index (κ2) is 5.94. The average Bonchev–Trinajstić information content (AvgIpc) is 2.64. The van der Waals surface area contributed by atoms with Crippen LogP contribution in [0.4, 0.5) is 0 Å². The lowest BCUT2D eigenvalue weighted by Crippen LogP contribution is -2.46. The molecule has 3 atom stereocenters. The minimum atomic E-state index is 0.0755. The van der Waals surface area contributed by atoms with Crippen molar-refractivity contribution in [3.8, 4) is 0 Å². The molecule has 2 aliphatic rings. The van der Waals surface area contributed by atoms with Crippen molar-refractivity contribution >= 4 is 11.8 Å². The molecule has 0 amide bonds. The number of hydrogen-bond donors (Lipinski definition) is 1. The van der Waals surface area contributed by atoms with Crippen molar-refractivity contribution < 1.29 is 4.74 Å². The highest BCUT2D eigenvalue weighted by Crippen LogP contribution is 2.31. The summed E-state index contributed by atoms with van der Waals surface area (Å²) in [5.41, 5.74) is 0.0755. The Morgan fingerprint density at radius 2 is 2.06 bits per heavy atom. The maximum absolute atomic E-state index is 5.78. The van der Waals surface area contributed by atoms with Crippen LogP contribution in [0.2, 0.25) is 0 Å². The molecule has 1 saturated carbocycles. The van der Waals surface area contributed by atoms with E-state index < -0.39 is 0 Å². The summed E-state index contributed by atoms with van der Waals surface area (Å²) in [5.74, 6) is 1.27. The van der Waals surface area contributed by atoms with Gasteiger partial charge >= 0.3 is 0 Å². The first-order valence-corrected chi connectivity index (χ1v) is 8.15.